The molecule has 15 heavy (non-hydrogen) atoms. The summed E-state index contributed by atoms with van der Waals surface area (Å²) < 4.78 is 0. The molecule has 0 saturated carbocycles. The summed E-state index contributed by atoms with van der Waals surface area (Å²) in [5.74, 6) is -0.257. The van der Waals surface area contributed by atoms with E-state index in [1.807, 2.05) is 0 Å². The fourth-order valence-electron chi connectivity index (χ4n) is 1.09. The Morgan fingerprint density at radius 2 is 2.00 bits per heavy atom. The average Bonchev–Trinajstić information content (AvgIpc) is 2.18. The highest BCUT2D eigenvalue weighted by molar-refractivity contribution is 6.39. The first-order valence-corrected chi connectivity index (χ1v) is 5.25. The molecule has 4 heteroatoms. The van der Waals surface area contributed by atoms with Gasteiger partial charge in [-0.2, -0.15) is 0 Å². The zero-order valence-corrected chi connectivity index (χ0v) is 9.61. The molecule has 1 aromatic rings. The average molecular weight is 244 g/mol. The van der Waals surface area contributed by atoms with Gasteiger partial charge in [0.15, 0.2) is 0 Å². The summed E-state index contributed by atoms with van der Waals surface area (Å²) in [6, 6.07) is 4.97. The molecule has 1 N–H and O–H groups in total. The number of hydrogen-bond donors (Lipinski definition) is 1. The van der Waals surface area contributed by atoms with Gasteiger partial charge in [0, 0.05) is 6.54 Å². The SMILES string of the molecule is C=CCCNC(=O)c1c(Cl)cccc1Cl. The Balaban J connectivity index is 2.77. The van der Waals surface area contributed by atoms with Crippen LogP contribution in [0.25, 0.3) is 0 Å². The van der Waals surface area contributed by atoms with Crippen molar-refractivity contribution in [3.05, 3.63) is 46.5 Å². The second-order valence-corrected chi connectivity index (χ2v) is 3.74. The van der Waals surface area contributed by atoms with Gasteiger partial charge in [-0.05, 0) is 18.6 Å². The van der Waals surface area contributed by atoms with Gasteiger partial charge < -0.3 is 5.32 Å². The summed E-state index contributed by atoms with van der Waals surface area (Å²) in [7, 11) is 0. The lowest BCUT2D eigenvalue weighted by molar-refractivity contribution is 0.0954. The summed E-state index contributed by atoms with van der Waals surface area (Å²) in [6.07, 6.45) is 2.45. The van der Waals surface area contributed by atoms with E-state index in [2.05, 4.69) is 11.9 Å². The fraction of sp³-hybridized carbons (Fsp3) is 0.182. The van der Waals surface area contributed by atoms with Gasteiger partial charge in [-0.1, -0.05) is 35.3 Å². The van der Waals surface area contributed by atoms with E-state index in [1.165, 1.54) is 0 Å². The monoisotopic (exact) mass is 243 g/mol. The van der Waals surface area contributed by atoms with Crippen molar-refractivity contribution in [3.8, 4) is 0 Å². The van der Waals surface area contributed by atoms with Crippen LogP contribution in [-0.4, -0.2) is 12.5 Å². The number of halogens is 2. The standard InChI is InChI=1S/C11H11Cl2NO/c1-2-3-7-14-11(15)10-8(12)5-4-6-9(10)13/h2,4-6H,1,3,7H2,(H,14,15). The third-order valence-electron chi connectivity index (χ3n) is 1.82. The zero-order chi connectivity index (χ0) is 11.3. The van der Waals surface area contributed by atoms with Crippen LogP contribution in [0.4, 0.5) is 0 Å². The van der Waals surface area contributed by atoms with E-state index in [4.69, 9.17) is 23.2 Å². The van der Waals surface area contributed by atoms with Gasteiger partial charge in [0.25, 0.3) is 5.91 Å². The Hall–Kier alpha value is -0.990. The van der Waals surface area contributed by atoms with Crippen molar-refractivity contribution in [2.24, 2.45) is 0 Å². The topological polar surface area (TPSA) is 29.1 Å². The van der Waals surface area contributed by atoms with Gasteiger partial charge in [-0.3, -0.25) is 4.79 Å². The molecule has 0 aliphatic carbocycles. The van der Waals surface area contributed by atoms with Crippen molar-refractivity contribution in [1.82, 2.24) is 5.32 Å². The molecule has 1 aromatic carbocycles. The molecular formula is C11H11Cl2NO. The summed E-state index contributed by atoms with van der Waals surface area (Å²) >= 11 is 11.7. The van der Waals surface area contributed by atoms with E-state index in [1.54, 1.807) is 24.3 Å². The molecule has 0 heterocycles. The van der Waals surface area contributed by atoms with Crippen LogP contribution in [0.2, 0.25) is 10.0 Å². The number of rotatable bonds is 4. The van der Waals surface area contributed by atoms with Crippen molar-refractivity contribution < 1.29 is 4.79 Å². The van der Waals surface area contributed by atoms with E-state index in [-0.39, 0.29) is 5.91 Å². The van der Waals surface area contributed by atoms with Crippen LogP contribution in [0.3, 0.4) is 0 Å². The molecule has 0 spiro atoms. The highest BCUT2D eigenvalue weighted by Gasteiger charge is 2.13. The van der Waals surface area contributed by atoms with E-state index >= 15 is 0 Å². The number of carbonyl (C=O) groups is 1. The van der Waals surface area contributed by atoms with Crippen LogP contribution in [0.1, 0.15) is 16.8 Å². The molecule has 0 aliphatic rings. The van der Waals surface area contributed by atoms with Crippen molar-refractivity contribution >= 4 is 29.1 Å². The zero-order valence-electron chi connectivity index (χ0n) is 8.09. The minimum Gasteiger partial charge on any atom is -0.352 e. The van der Waals surface area contributed by atoms with E-state index < -0.39 is 0 Å². The minimum absolute atomic E-state index is 0.257. The van der Waals surface area contributed by atoms with Gasteiger partial charge in [0.2, 0.25) is 0 Å². The molecule has 0 atom stereocenters. The normalized spacial score (nSPS) is 9.73. The van der Waals surface area contributed by atoms with Crippen LogP contribution < -0.4 is 5.32 Å². The Bertz CT molecular complexity index is 357. The Morgan fingerprint density at radius 1 is 1.40 bits per heavy atom. The molecule has 1 rings (SSSR count). The highest BCUT2D eigenvalue weighted by Crippen LogP contribution is 2.23. The summed E-state index contributed by atoms with van der Waals surface area (Å²) in [4.78, 5) is 11.6. The Morgan fingerprint density at radius 3 is 2.53 bits per heavy atom. The number of nitrogens with one attached hydrogen (secondary N) is 1. The fourth-order valence-corrected chi connectivity index (χ4v) is 1.66. The molecule has 0 unspecified atom stereocenters. The molecule has 0 bridgehead atoms. The van der Waals surface area contributed by atoms with Crippen LogP contribution >= 0.6 is 23.2 Å². The first kappa shape index (κ1) is 12.1. The van der Waals surface area contributed by atoms with Crippen molar-refractivity contribution in [2.75, 3.05) is 6.54 Å². The van der Waals surface area contributed by atoms with Crippen molar-refractivity contribution in [3.63, 3.8) is 0 Å². The summed E-state index contributed by atoms with van der Waals surface area (Å²) in [5, 5.41) is 3.42. The third kappa shape index (κ3) is 3.26. The largest absolute Gasteiger partial charge is 0.352 e. The van der Waals surface area contributed by atoms with E-state index in [9.17, 15) is 4.79 Å². The lowest BCUT2D eigenvalue weighted by Crippen LogP contribution is -2.24. The van der Waals surface area contributed by atoms with Gasteiger partial charge >= 0.3 is 0 Å². The van der Waals surface area contributed by atoms with Crippen LogP contribution in [0, 0.1) is 0 Å². The lowest BCUT2D eigenvalue weighted by Gasteiger charge is -2.06. The predicted octanol–water partition coefficient (Wildman–Crippen LogP) is 3.30. The maximum absolute atomic E-state index is 11.6. The molecule has 80 valence electrons. The highest BCUT2D eigenvalue weighted by atomic mass is 35.5. The van der Waals surface area contributed by atoms with Crippen LogP contribution in [0.15, 0.2) is 30.9 Å². The molecule has 0 fully saturated rings. The van der Waals surface area contributed by atoms with Crippen LogP contribution in [-0.2, 0) is 0 Å². The maximum atomic E-state index is 11.6. The quantitative estimate of drug-likeness (QED) is 0.639. The number of carbonyl (C=O) groups excluding carboxylic acids is 1. The van der Waals surface area contributed by atoms with E-state index in [0.717, 1.165) is 0 Å². The molecule has 2 nitrogen and oxygen atoms in total. The smallest absolute Gasteiger partial charge is 0.254 e. The molecule has 1 amide bonds. The summed E-state index contributed by atoms with van der Waals surface area (Å²) in [5.41, 5.74) is 0.324. The second kappa shape index (κ2) is 5.79. The minimum atomic E-state index is -0.257. The molecular weight excluding hydrogens is 233 g/mol. The predicted molar refractivity (Wildman–Crippen MR) is 63.6 cm³/mol. The molecule has 0 radical (unpaired) electrons. The number of benzene rings is 1. The molecule has 0 aliphatic heterocycles. The van der Waals surface area contributed by atoms with Gasteiger partial charge in [-0.25, -0.2) is 0 Å². The number of amides is 1. The Kier molecular flexibility index (Phi) is 4.66. The van der Waals surface area contributed by atoms with E-state index in [0.29, 0.717) is 28.6 Å². The second-order valence-electron chi connectivity index (χ2n) is 2.93. The van der Waals surface area contributed by atoms with Gasteiger partial charge in [0.1, 0.15) is 0 Å². The van der Waals surface area contributed by atoms with Crippen molar-refractivity contribution in [2.45, 2.75) is 6.42 Å². The Labute approximate surface area is 98.9 Å². The van der Waals surface area contributed by atoms with Gasteiger partial charge in [-0.15, -0.1) is 6.58 Å². The first-order chi connectivity index (χ1) is 7.16. The van der Waals surface area contributed by atoms with Gasteiger partial charge in [0.05, 0.1) is 15.6 Å². The summed E-state index contributed by atoms with van der Waals surface area (Å²) in [6.45, 7) is 4.09. The number of hydrogen-bond acceptors (Lipinski definition) is 1. The lowest BCUT2D eigenvalue weighted by atomic mass is 10.2. The third-order valence-corrected chi connectivity index (χ3v) is 2.45. The van der Waals surface area contributed by atoms with Crippen LogP contribution in [0.5, 0.6) is 0 Å². The molecule has 0 aromatic heterocycles. The first-order valence-electron chi connectivity index (χ1n) is 4.50. The maximum Gasteiger partial charge on any atom is 0.254 e. The molecule has 0 saturated heterocycles. The van der Waals surface area contributed by atoms with Crippen molar-refractivity contribution in [1.29, 1.82) is 0 Å².